The lowest BCUT2D eigenvalue weighted by Gasteiger charge is -2.20. The van der Waals surface area contributed by atoms with Crippen molar-refractivity contribution in [3.63, 3.8) is 0 Å². The molecule has 0 saturated carbocycles. The van der Waals surface area contributed by atoms with Gasteiger partial charge in [-0.3, -0.25) is 0 Å². The van der Waals surface area contributed by atoms with E-state index in [-0.39, 0.29) is 6.10 Å². The largest absolute Gasteiger partial charge is 0.368 e. The molecule has 4 nitrogen and oxygen atoms in total. The number of hydrogen-bond donors (Lipinski definition) is 0. The Kier molecular flexibility index (Phi) is 4.70. The van der Waals surface area contributed by atoms with Crippen molar-refractivity contribution in [2.24, 2.45) is 0 Å². The summed E-state index contributed by atoms with van der Waals surface area (Å²) in [5.74, 6) is -0.597. The first-order valence-corrected chi connectivity index (χ1v) is 5.47. The lowest BCUT2D eigenvalue weighted by Crippen LogP contribution is -2.34. The summed E-state index contributed by atoms with van der Waals surface area (Å²) in [6.45, 7) is 6.77. The second-order valence-electron chi connectivity index (χ2n) is 4.19. The van der Waals surface area contributed by atoms with Gasteiger partial charge in [0.05, 0.1) is 6.61 Å². The van der Waals surface area contributed by atoms with E-state index in [2.05, 4.69) is 6.92 Å². The number of ether oxygens (including phenoxy) is 3. The van der Waals surface area contributed by atoms with E-state index in [4.69, 9.17) is 14.2 Å². The van der Waals surface area contributed by atoms with Crippen LogP contribution in [0.1, 0.15) is 33.6 Å². The van der Waals surface area contributed by atoms with Crippen LogP contribution in [0.5, 0.6) is 0 Å². The minimum Gasteiger partial charge on any atom is -0.368 e. The minimum absolute atomic E-state index is 0.269. The highest BCUT2D eigenvalue weighted by molar-refractivity contribution is 5.57. The minimum atomic E-state index is -0.597. The predicted octanol–water partition coefficient (Wildman–Crippen LogP) is 1.52. The van der Waals surface area contributed by atoms with Crippen molar-refractivity contribution >= 4 is 6.29 Å². The molecule has 1 aliphatic rings. The Morgan fingerprint density at radius 2 is 2.33 bits per heavy atom. The maximum Gasteiger partial charge on any atom is 0.163 e. The Labute approximate surface area is 90.9 Å². The Hall–Kier alpha value is -0.450. The molecule has 1 rings (SSSR count). The molecule has 4 heteroatoms. The van der Waals surface area contributed by atoms with E-state index in [0.29, 0.717) is 13.2 Å². The van der Waals surface area contributed by atoms with Crippen LogP contribution in [0.25, 0.3) is 0 Å². The number of carbonyl (C=O) groups excluding carboxylic acids is 1. The van der Waals surface area contributed by atoms with Gasteiger partial charge in [0, 0.05) is 6.61 Å². The molecule has 15 heavy (non-hydrogen) atoms. The maximum atomic E-state index is 10.8. The molecule has 0 spiro atoms. The highest BCUT2D eigenvalue weighted by atomic mass is 16.7. The fourth-order valence-electron chi connectivity index (χ4n) is 1.48. The van der Waals surface area contributed by atoms with Gasteiger partial charge in [-0.25, -0.2) is 0 Å². The van der Waals surface area contributed by atoms with E-state index >= 15 is 0 Å². The van der Waals surface area contributed by atoms with Crippen LogP contribution in [0.4, 0.5) is 0 Å². The number of unbranched alkanes of at least 4 members (excludes halogenated alkanes) is 1. The topological polar surface area (TPSA) is 44.8 Å². The van der Waals surface area contributed by atoms with Crippen molar-refractivity contribution in [3.8, 4) is 0 Å². The average Bonchev–Trinajstić information content (AvgIpc) is 2.54. The van der Waals surface area contributed by atoms with Gasteiger partial charge in [0.25, 0.3) is 0 Å². The van der Waals surface area contributed by atoms with Crippen molar-refractivity contribution in [3.05, 3.63) is 0 Å². The van der Waals surface area contributed by atoms with Gasteiger partial charge in [0.15, 0.2) is 12.1 Å². The third kappa shape index (κ3) is 3.89. The summed E-state index contributed by atoms with van der Waals surface area (Å²) < 4.78 is 16.4. The molecule has 1 saturated heterocycles. The van der Waals surface area contributed by atoms with Gasteiger partial charge >= 0.3 is 0 Å². The Bertz CT molecular complexity index is 203. The Balaban J connectivity index is 2.35. The van der Waals surface area contributed by atoms with Gasteiger partial charge in [0.2, 0.25) is 0 Å². The van der Waals surface area contributed by atoms with Crippen LogP contribution in [0.2, 0.25) is 0 Å². The van der Waals surface area contributed by atoms with Crippen molar-refractivity contribution in [2.45, 2.75) is 51.6 Å². The summed E-state index contributed by atoms with van der Waals surface area (Å²) in [6, 6.07) is 0. The smallest absolute Gasteiger partial charge is 0.163 e. The highest BCUT2D eigenvalue weighted by Crippen LogP contribution is 2.24. The predicted molar refractivity (Wildman–Crippen MR) is 55.6 cm³/mol. The fraction of sp³-hybridized carbons (Fsp3) is 0.909. The molecule has 0 aromatic heterocycles. The molecule has 2 atom stereocenters. The molecule has 1 aliphatic heterocycles. The van der Waals surface area contributed by atoms with Crippen molar-refractivity contribution < 1.29 is 19.0 Å². The average molecular weight is 216 g/mol. The first kappa shape index (κ1) is 12.6. The SMILES string of the molecule is CCCCO[C@H](C=O)[C@H]1COC(C)(C)O1. The first-order valence-electron chi connectivity index (χ1n) is 5.47. The van der Waals surface area contributed by atoms with Crippen LogP contribution < -0.4 is 0 Å². The Morgan fingerprint density at radius 3 is 2.80 bits per heavy atom. The lowest BCUT2D eigenvalue weighted by atomic mass is 10.2. The van der Waals surface area contributed by atoms with Gasteiger partial charge in [-0.2, -0.15) is 0 Å². The molecule has 0 amide bonds. The summed E-state index contributed by atoms with van der Waals surface area (Å²) in [4.78, 5) is 10.8. The fourth-order valence-corrected chi connectivity index (χ4v) is 1.48. The van der Waals surface area contributed by atoms with Crippen LogP contribution in [0.3, 0.4) is 0 Å². The summed E-state index contributed by atoms with van der Waals surface area (Å²) in [7, 11) is 0. The second kappa shape index (κ2) is 5.58. The zero-order valence-electron chi connectivity index (χ0n) is 9.69. The van der Waals surface area contributed by atoms with Crippen molar-refractivity contribution in [1.29, 1.82) is 0 Å². The molecule has 1 heterocycles. The standard InChI is InChI=1S/C11H20O4/c1-4-5-6-13-9(7-12)10-8-14-11(2,3)15-10/h7,9-10H,4-6,8H2,1-3H3/t9-,10-/m1/s1. The van der Waals surface area contributed by atoms with Crippen molar-refractivity contribution in [2.75, 3.05) is 13.2 Å². The maximum absolute atomic E-state index is 10.8. The van der Waals surface area contributed by atoms with E-state index in [1.54, 1.807) is 0 Å². The molecule has 1 fully saturated rings. The number of hydrogen-bond acceptors (Lipinski definition) is 4. The highest BCUT2D eigenvalue weighted by Gasteiger charge is 2.37. The molecule has 0 unspecified atom stereocenters. The van der Waals surface area contributed by atoms with Gasteiger partial charge in [-0.05, 0) is 20.3 Å². The second-order valence-corrected chi connectivity index (χ2v) is 4.19. The molecule has 0 radical (unpaired) electrons. The van der Waals surface area contributed by atoms with E-state index in [1.165, 1.54) is 0 Å². The van der Waals surface area contributed by atoms with Gasteiger partial charge in [-0.1, -0.05) is 13.3 Å². The molecule has 88 valence electrons. The van der Waals surface area contributed by atoms with Gasteiger partial charge < -0.3 is 19.0 Å². The Morgan fingerprint density at radius 1 is 1.60 bits per heavy atom. The zero-order valence-corrected chi connectivity index (χ0v) is 9.69. The molecular weight excluding hydrogens is 196 g/mol. The van der Waals surface area contributed by atoms with Crippen molar-refractivity contribution in [1.82, 2.24) is 0 Å². The van der Waals surface area contributed by atoms with E-state index in [9.17, 15) is 4.79 Å². The number of carbonyl (C=O) groups is 1. The van der Waals surface area contributed by atoms with Crippen LogP contribution >= 0.6 is 0 Å². The van der Waals surface area contributed by atoms with E-state index in [0.717, 1.165) is 19.1 Å². The number of aldehydes is 1. The summed E-state index contributed by atoms with van der Waals surface area (Å²) in [5, 5.41) is 0. The molecule has 0 aromatic carbocycles. The third-order valence-corrected chi connectivity index (χ3v) is 2.34. The van der Waals surface area contributed by atoms with Crippen LogP contribution in [-0.2, 0) is 19.0 Å². The summed E-state index contributed by atoms with van der Waals surface area (Å²) in [5.41, 5.74) is 0. The van der Waals surface area contributed by atoms with Crippen LogP contribution in [-0.4, -0.2) is 37.5 Å². The number of rotatable bonds is 6. The quantitative estimate of drug-likeness (QED) is 0.499. The zero-order chi connectivity index (χ0) is 11.3. The molecule has 0 aliphatic carbocycles. The molecule has 0 aromatic rings. The first-order chi connectivity index (χ1) is 7.09. The molecular formula is C11H20O4. The third-order valence-electron chi connectivity index (χ3n) is 2.34. The molecule has 0 bridgehead atoms. The monoisotopic (exact) mass is 216 g/mol. The van der Waals surface area contributed by atoms with E-state index in [1.807, 2.05) is 13.8 Å². The van der Waals surface area contributed by atoms with Gasteiger partial charge in [-0.15, -0.1) is 0 Å². The summed E-state index contributed by atoms with van der Waals surface area (Å²) in [6.07, 6.45) is 2.04. The van der Waals surface area contributed by atoms with E-state index < -0.39 is 11.9 Å². The van der Waals surface area contributed by atoms with Crippen LogP contribution in [0.15, 0.2) is 0 Å². The van der Waals surface area contributed by atoms with Crippen LogP contribution in [0, 0.1) is 0 Å². The summed E-state index contributed by atoms with van der Waals surface area (Å²) >= 11 is 0. The molecule has 0 N–H and O–H groups in total. The normalized spacial score (nSPS) is 26.5. The lowest BCUT2D eigenvalue weighted by molar-refractivity contribution is -0.158. The van der Waals surface area contributed by atoms with Gasteiger partial charge in [0.1, 0.15) is 12.2 Å².